The zero-order valence-electron chi connectivity index (χ0n) is 17.0. The Morgan fingerprint density at radius 2 is 1.32 bits per heavy atom. The Hall–Kier alpha value is -2.12. The van der Waals surface area contributed by atoms with Crippen LogP contribution >= 0.6 is 11.6 Å². The van der Waals surface area contributed by atoms with Crippen LogP contribution in [0.4, 0.5) is 0 Å². The Morgan fingerprint density at radius 1 is 0.929 bits per heavy atom. The summed E-state index contributed by atoms with van der Waals surface area (Å²) in [6.45, 7) is 12.7. The third-order valence-electron chi connectivity index (χ3n) is 2.47. The second kappa shape index (κ2) is 24.9. The lowest BCUT2D eigenvalue weighted by Crippen LogP contribution is -2.13. The molecule has 1 N–H and O–H groups in total. The van der Waals surface area contributed by atoms with Gasteiger partial charge in [0.1, 0.15) is 6.61 Å². The highest BCUT2D eigenvalue weighted by atomic mass is 35.5. The van der Waals surface area contributed by atoms with Crippen molar-refractivity contribution < 1.29 is 33.7 Å². The van der Waals surface area contributed by atoms with Crippen molar-refractivity contribution in [3.8, 4) is 0 Å². The maximum Gasteiger partial charge on any atom is 0.331 e. The summed E-state index contributed by atoms with van der Waals surface area (Å²) in [6, 6.07) is 0. The fourth-order valence-corrected chi connectivity index (χ4v) is 1.13. The molecule has 0 saturated carbocycles. The first-order valence-electron chi connectivity index (χ1n) is 8.98. The van der Waals surface area contributed by atoms with Gasteiger partial charge in [0.15, 0.2) is 0 Å². The van der Waals surface area contributed by atoms with Crippen LogP contribution in [0.5, 0.6) is 0 Å². The van der Waals surface area contributed by atoms with Crippen LogP contribution in [0.1, 0.15) is 46.5 Å². The zero-order valence-corrected chi connectivity index (χ0v) is 17.8. The van der Waals surface area contributed by atoms with Crippen LogP contribution in [0, 0.1) is 0 Å². The first-order valence-corrected chi connectivity index (χ1v) is 9.42. The number of halogens is 1. The molecule has 0 aromatic rings. The number of esters is 3. The van der Waals surface area contributed by atoms with Gasteiger partial charge in [0.25, 0.3) is 0 Å². The summed E-state index contributed by atoms with van der Waals surface area (Å²) < 4.78 is 14.1. The number of ether oxygens (including phenoxy) is 3. The molecule has 0 aliphatic carbocycles. The quantitative estimate of drug-likeness (QED) is 0.235. The molecule has 8 heteroatoms. The van der Waals surface area contributed by atoms with Crippen LogP contribution in [-0.4, -0.2) is 48.9 Å². The summed E-state index contributed by atoms with van der Waals surface area (Å²) >= 11 is 4.76. The highest BCUT2D eigenvalue weighted by molar-refractivity contribution is 6.25. The van der Waals surface area contributed by atoms with Crippen molar-refractivity contribution in [1.82, 2.24) is 0 Å². The van der Waals surface area contributed by atoms with E-state index >= 15 is 0 Å². The van der Waals surface area contributed by atoms with Crippen molar-refractivity contribution in [2.75, 3.05) is 19.8 Å². The van der Waals surface area contributed by atoms with Gasteiger partial charge in [0, 0.05) is 18.2 Å². The van der Waals surface area contributed by atoms with E-state index in [-0.39, 0.29) is 6.61 Å². The monoisotopic (exact) mass is 420 g/mol. The first-order chi connectivity index (χ1) is 13.3. The van der Waals surface area contributed by atoms with Crippen LogP contribution in [0.25, 0.3) is 0 Å². The van der Waals surface area contributed by atoms with E-state index in [0.29, 0.717) is 13.2 Å². The van der Waals surface area contributed by atoms with Crippen LogP contribution in [0.2, 0.25) is 0 Å². The number of rotatable bonds is 11. The van der Waals surface area contributed by atoms with Crippen LogP contribution in [0.15, 0.2) is 36.9 Å². The fraction of sp³-hybridized carbons (Fsp3) is 0.550. The van der Waals surface area contributed by atoms with Gasteiger partial charge in [-0.15, -0.1) is 0 Å². The Balaban J connectivity index is -0.000000438. The van der Waals surface area contributed by atoms with Crippen molar-refractivity contribution in [2.24, 2.45) is 0 Å². The van der Waals surface area contributed by atoms with Crippen LogP contribution in [0.3, 0.4) is 0 Å². The number of unbranched alkanes of at least 4 members (excludes halogenated alkanes) is 2. The van der Waals surface area contributed by atoms with Gasteiger partial charge >= 0.3 is 17.9 Å². The first kappa shape index (κ1) is 30.6. The summed E-state index contributed by atoms with van der Waals surface area (Å²) in [5, 5.41) is 8.59. The van der Waals surface area contributed by atoms with Crippen LogP contribution < -0.4 is 0 Å². The molecule has 0 amide bonds. The number of carbonyl (C=O) groups is 3. The molecule has 0 saturated heterocycles. The predicted octanol–water partition coefficient (Wildman–Crippen LogP) is 3.69. The molecule has 0 aromatic heterocycles. The molecule has 28 heavy (non-hydrogen) atoms. The lowest BCUT2D eigenvalue weighted by molar-refractivity contribution is -0.140. The van der Waals surface area contributed by atoms with Crippen molar-refractivity contribution >= 4 is 29.5 Å². The Bertz CT molecular complexity index is 435. The Kier molecular flexibility index (Phi) is 27.2. The minimum Gasteiger partial charge on any atom is -0.463 e. The number of aliphatic hydroxyl groups excluding tert-OH is 1. The van der Waals surface area contributed by atoms with E-state index in [9.17, 15) is 14.4 Å². The second-order valence-electron chi connectivity index (χ2n) is 5.21. The third kappa shape index (κ3) is 31.6. The molecule has 1 atom stereocenters. The van der Waals surface area contributed by atoms with Gasteiger partial charge in [0.2, 0.25) is 0 Å². The molecule has 0 aliphatic rings. The average molecular weight is 421 g/mol. The summed E-state index contributed by atoms with van der Waals surface area (Å²) in [5.74, 6) is -1.50. The van der Waals surface area contributed by atoms with E-state index in [0.717, 1.165) is 43.9 Å². The smallest absolute Gasteiger partial charge is 0.331 e. The van der Waals surface area contributed by atoms with Crippen molar-refractivity contribution in [3.05, 3.63) is 36.9 Å². The third-order valence-corrected chi connectivity index (χ3v) is 2.47. The van der Waals surface area contributed by atoms with E-state index in [2.05, 4.69) is 17.9 Å². The van der Waals surface area contributed by atoms with E-state index in [1.807, 2.05) is 13.8 Å². The minimum atomic E-state index is -0.603. The lowest BCUT2D eigenvalue weighted by atomic mass is 10.4. The lowest BCUT2D eigenvalue weighted by Gasteiger charge is -2.02. The van der Waals surface area contributed by atoms with Crippen molar-refractivity contribution in [2.45, 2.75) is 52.6 Å². The number of carbonyl (C=O) groups excluding carboxylic acids is 3. The molecule has 0 spiro atoms. The van der Waals surface area contributed by atoms with E-state index < -0.39 is 24.0 Å². The van der Waals surface area contributed by atoms with Gasteiger partial charge < -0.3 is 19.3 Å². The largest absolute Gasteiger partial charge is 0.463 e. The van der Waals surface area contributed by atoms with Gasteiger partial charge in [-0.2, -0.15) is 0 Å². The SMILES string of the molecule is C=CC(=O)OCC(C)O.C=CCl.CCCCOC(=O)/C=C\C(=O)OCCCC. The van der Waals surface area contributed by atoms with Gasteiger partial charge in [0.05, 0.1) is 19.3 Å². The molecule has 0 heterocycles. The Labute approximate surface area is 173 Å². The summed E-state index contributed by atoms with van der Waals surface area (Å²) in [6.07, 6.45) is 6.26. The van der Waals surface area contributed by atoms with Gasteiger partial charge in [-0.25, -0.2) is 14.4 Å². The normalized spacial score (nSPS) is 10.3. The van der Waals surface area contributed by atoms with Gasteiger partial charge in [-0.1, -0.05) is 51.4 Å². The second-order valence-corrected chi connectivity index (χ2v) is 5.52. The maximum atomic E-state index is 11.0. The summed E-state index contributed by atoms with van der Waals surface area (Å²) in [7, 11) is 0. The summed E-state index contributed by atoms with van der Waals surface area (Å²) in [5.41, 5.74) is 1.22. The summed E-state index contributed by atoms with van der Waals surface area (Å²) in [4.78, 5) is 32.3. The topological polar surface area (TPSA) is 99.1 Å². The molecule has 0 bridgehead atoms. The zero-order chi connectivity index (χ0) is 22.2. The van der Waals surface area contributed by atoms with Gasteiger partial charge in [-0.3, -0.25) is 0 Å². The highest BCUT2D eigenvalue weighted by Gasteiger charge is 2.00. The molecule has 0 aromatic carbocycles. The average Bonchev–Trinajstić information content (AvgIpc) is 2.66. The van der Waals surface area contributed by atoms with Gasteiger partial charge in [-0.05, 0) is 25.3 Å². The van der Waals surface area contributed by atoms with Crippen LogP contribution in [-0.2, 0) is 28.6 Å². The molecule has 7 nitrogen and oxygen atoms in total. The number of aliphatic hydroxyl groups is 1. The molecule has 0 fully saturated rings. The molecule has 0 rings (SSSR count). The predicted molar refractivity (Wildman–Crippen MR) is 110 cm³/mol. The molecule has 1 unspecified atom stereocenters. The molecule has 0 aliphatic heterocycles. The van der Waals surface area contributed by atoms with Crippen molar-refractivity contribution in [3.63, 3.8) is 0 Å². The molecule has 0 radical (unpaired) electrons. The minimum absolute atomic E-state index is 0.0326. The molecule has 162 valence electrons. The standard InChI is InChI=1S/C12H20O4.C6H10O3.C2H3Cl/c1-3-5-9-15-11(13)7-8-12(14)16-10-6-4-2;1-3-6(8)9-4-5(2)7;1-2-3/h7-8H,3-6,9-10H2,1-2H3;3,5,7H,1,4H2,2H3;2H,1H2/b8-7-;;. The maximum absolute atomic E-state index is 11.0. The highest BCUT2D eigenvalue weighted by Crippen LogP contribution is 1.92. The van der Waals surface area contributed by atoms with E-state index in [1.165, 1.54) is 12.5 Å². The Morgan fingerprint density at radius 3 is 1.61 bits per heavy atom. The number of hydrogen-bond donors (Lipinski definition) is 1. The van der Waals surface area contributed by atoms with E-state index in [4.69, 9.17) is 26.2 Å². The molecular weight excluding hydrogens is 388 g/mol. The van der Waals surface area contributed by atoms with E-state index in [1.54, 1.807) is 0 Å². The fourth-order valence-electron chi connectivity index (χ4n) is 1.13. The van der Waals surface area contributed by atoms with Crippen molar-refractivity contribution in [1.29, 1.82) is 0 Å². The molecular formula is C20H33ClO7. The number of hydrogen-bond acceptors (Lipinski definition) is 7.